The molecule has 2 bridgehead atoms. The number of carbonyl (C=O) groups is 3. The van der Waals surface area contributed by atoms with Crippen LogP contribution in [0.5, 0.6) is 11.8 Å². The number of likely N-dealkylation sites (tertiary alicyclic amines) is 1. The van der Waals surface area contributed by atoms with Crippen LogP contribution >= 0.6 is 11.3 Å². The van der Waals surface area contributed by atoms with E-state index in [4.69, 9.17) is 14.7 Å². The largest absolute Gasteiger partial charge is 0.508 e. The molecular weight excluding hydrogens is 1100 g/mol. The van der Waals surface area contributed by atoms with Crippen LogP contribution in [0.4, 0.5) is 20.3 Å². The zero-order valence-corrected chi connectivity index (χ0v) is 49.8. The lowest BCUT2D eigenvalue weighted by molar-refractivity contribution is -0.145. The number of aliphatic hydroxyl groups is 1. The van der Waals surface area contributed by atoms with Crippen LogP contribution in [0.2, 0.25) is 0 Å². The number of β-amino-alcohol motifs (C(OH)–C–C–N with tert-alkyl or cyclic N) is 1. The van der Waals surface area contributed by atoms with Crippen LogP contribution in [0.25, 0.3) is 43.4 Å². The summed E-state index contributed by atoms with van der Waals surface area (Å²) in [6.45, 7) is 17.4. The van der Waals surface area contributed by atoms with Gasteiger partial charge in [0.05, 0.1) is 40.2 Å². The van der Waals surface area contributed by atoms with Crippen molar-refractivity contribution in [3.05, 3.63) is 118 Å². The Bertz CT molecular complexity index is 3760. The van der Waals surface area contributed by atoms with Gasteiger partial charge in [-0.15, -0.1) is 11.3 Å². The molecule has 4 saturated heterocycles. The minimum absolute atomic E-state index is 0.00955. The second-order valence-corrected chi connectivity index (χ2v) is 26.5. The first-order chi connectivity index (χ1) is 40.8. The molecule has 6 aliphatic rings. The number of pyridine rings is 1. The minimum atomic E-state index is -0.908. The normalized spacial score (nSPS) is 21.9. The number of thiazole rings is 1. The van der Waals surface area contributed by atoms with Gasteiger partial charge in [-0.05, 0) is 121 Å². The van der Waals surface area contributed by atoms with Crippen LogP contribution in [-0.2, 0) is 22.6 Å². The third-order valence-electron chi connectivity index (χ3n) is 18.6. The molecule has 13 rings (SSSR count). The molecule has 4 aromatic carbocycles. The number of anilines is 2. The zero-order chi connectivity index (χ0) is 59.2. The summed E-state index contributed by atoms with van der Waals surface area (Å²) < 4.78 is 39.2. The lowest BCUT2D eigenvalue weighted by Gasteiger charge is -2.40. The van der Waals surface area contributed by atoms with E-state index >= 15 is 8.78 Å². The van der Waals surface area contributed by atoms with Gasteiger partial charge in [0, 0.05) is 106 Å². The van der Waals surface area contributed by atoms with E-state index in [1.165, 1.54) is 17.0 Å². The monoisotopic (exact) mass is 1170 g/mol. The van der Waals surface area contributed by atoms with Gasteiger partial charge >= 0.3 is 6.01 Å². The van der Waals surface area contributed by atoms with Crippen molar-refractivity contribution in [1.29, 1.82) is 0 Å². The van der Waals surface area contributed by atoms with Crippen LogP contribution in [-0.4, -0.2) is 152 Å². The van der Waals surface area contributed by atoms with Crippen molar-refractivity contribution in [2.75, 3.05) is 68.8 Å². The summed E-state index contributed by atoms with van der Waals surface area (Å²) in [4.78, 5) is 73.3. The molecule has 20 heteroatoms. The van der Waals surface area contributed by atoms with Crippen molar-refractivity contribution in [2.45, 2.75) is 123 Å². The van der Waals surface area contributed by atoms with E-state index < -0.39 is 35.2 Å². The number of hydrogen-bond acceptors (Lipinski definition) is 15. The highest BCUT2D eigenvalue weighted by atomic mass is 32.1. The van der Waals surface area contributed by atoms with Gasteiger partial charge in [0.15, 0.2) is 5.82 Å². The van der Waals surface area contributed by atoms with Crippen molar-refractivity contribution >= 4 is 62.2 Å². The molecule has 6 atom stereocenters. The second-order valence-electron chi connectivity index (χ2n) is 25.6. The number of amides is 3. The Labute approximate surface area is 497 Å². The molecule has 17 nitrogen and oxygen atoms in total. The zero-order valence-electron chi connectivity index (χ0n) is 49.0. The smallest absolute Gasteiger partial charge is 0.319 e. The molecule has 444 valence electrons. The van der Waals surface area contributed by atoms with E-state index in [1.54, 1.807) is 34.6 Å². The Morgan fingerprint density at radius 2 is 1.68 bits per heavy atom. The highest BCUT2D eigenvalue weighted by Gasteiger charge is 2.50. The van der Waals surface area contributed by atoms with Crippen LogP contribution in [0.3, 0.4) is 0 Å². The predicted octanol–water partition coefficient (Wildman–Crippen LogP) is 8.95. The number of halogens is 2. The average Bonchev–Trinajstić information content (AvgIpc) is 1.78. The molecule has 4 N–H and O–H groups in total. The number of phenolic OH excluding ortho intramolecular Hbond substituents is 1. The lowest BCUT2D eigenvalue weighted by atomic mass is 9.84. The van der Waals surface area contributed by atoms with Gasteiger partial charge in [-0.2, -0.15) is 9.97 Å². The second kappa shape index (κ2) is 22.2. The number of aryl methyl sites for hydroxylation is 2. The fourth-order valence-corrected chi connectivity index (χ4v) is 14.8. The number of carbonyl (C=O) groups excluding carboxylic acids is 3. The highest BCUT2D eigenvalue weighted by molar-refractivity contribution is 7.13. The van der Waals surface area contributed by atoms with E-state index in [0.29, 0.717) is 59.2 Å². The molecule has 0 radical (unpaired) electrons. The summed E-state index contributed by atoms with van der Waals surface area (Å²) in [6.07, 6.45) is 5.16. The summed E-state index contributed by atoms with van der Waals surface area (Å²) >= 11 is 1.58. The molecule has 2 unspecified atom stereocenters. The quantitative estimate of drug-likeness (QED) is 0.0760. The van der Waals surface area contributed by atoms with Crippen LogP contribution in [0.15, 0.2) is 78.4 Å². The number of nitrogens with one attached hydrogen (secondary N) is 2. The van der Waals surface area contributed by atoms with Crippen LogP contribution < -0.4 is 25.2 Å². The number of hydrogen-bond donors (Lipinski definition) is 4. The van der Waals surface area contributed by atoms with Crippen molar-refractivity contribution < 1.29 is 38.1 Å². The van der Waals surface area contributed by atoms with Gasteiger partial charge in [-0.25, -0.2) is 13.8 Å². The molecule has 0 spiro atoms. The van der Waals surface area contributed by atoms with Gasteiger partial charge in [0.2, 0.25) is 11.8 Å². The predicted molar refractivity (Wildman–Crippen MR) is 324 cm³/mol. The highest BCUT2D eigenvalue weighted by Crippen LogP contribution is 2.47. The van der Waals surface area contributed by atoms with Gasteiger partial charge < -0.3 is 45.2 Å². The standard InChI is InChI=1S/C65H73F2N11O6S/c1-7-47-51(66)17-12-40-25-45(79)26-49(53(40)47)55-54(67)56-50(28-68-55)59(76-30-42-13-14-43(31-76)71-42)73-63(72-56)84-34-65(18-19-65)33-74-20-22-75(23-21-74)44-15-16-48-41(24-44)29-78(61(48)82)58(64(4,5)6)62(83)77-32-46(80)27-52(77)60(81)70-36(2)38-8-10-39(11-9-38)57-37(3)69-35-85-57/h8-12,15-17,24-26,28,35-36,42-43,46,52,58,71,79-80H,7,13-14,18-23,27,29-34H2,1-6H3,(H,70,81)/t36-,42?,43?,46+,52-,58+/m0/s1. The number of aliphatic hydroxyl groups excluding tert-OH is 1. The first-order valence-electron chi connectivity index (χ1n) is 30.0. The number of ether oxygens (including phenoxy) is 1. The summed E-state index contributed by atoms with van der Waals surface area (Å²) in [5.41, 5.74) is 7.00. The van der Waals surface area contributed by atoms with E-state index in [2.05, 4.69) is 41.4 Å². The number of nitrogens with zero attached hydrogens (tertiary/aromatic N) is 9. The Morgan fingerprint density at radius 3 is 2.38 bits per heavy atom. The molecule has 5 aliphatic heterocycles. The third-order valence-corrected chi connectivity index (χ3v) is 19.6. The maximum Gasteiger partial charge on any atom is 0.319 e. The molecule has 1 aliphatic carbocycles. The van der Waals surface area contributed by atoms with E-state index in [9.17, 15) is 24.6 Å². The molecule has 7 aromatic rings. The van der Waals surface area contributed by atoms with Gasteiger partial charge in [0.25, 0.3) is 5.91 Å². The minimum Gasteiger partial charge on any atom is -0.508 e. The van der Waals surface area contributed by atoms with Crippen molar-refractivity contribution in [1.82, 2.24) is 45.3 Å². The first kappa shape index (κ1) is 56.7. The Hall–Kier alpha value is -7.39. The summed E-state index contributed by atoms with van der Waals surface area (Å²) in [5, 5.41) is 30.1. The first-order valence-corrected chi connectivity index (χ1v) is 30.8. The van der Waals surface area contributed by atoms with Crippen LogP contribution in [0, 0.1) is 29.4 Å². The van der Waals surface area contributed by atoms with Gasteiger partial charge in [-0.3, -0.25) is 24.3 Å². The third kappa shape index (κ3) is 10.8. The Balaban J connectivity index is 0.668. The molecule has 1 saturated carbocycles. The molecule has 3 amide bonds. The van der Waals surface area contributed by atoms with Crippen LogP contribution in [0.1, 0.15) is 106 Å². The Morgan fingerprint density at radius 1 is 0.929 bits per heavy atom. The van der Waals surface area contributed by atoms with Crippen molar-refractivity contribution in [3.63, 3.8) is 0 Å². The van der Waals surface area contributed by atoms with Crippen molar-refractivity contribution in [2.24, 2.45) is 10.8 Å². The number of aromatic nitrogens is 4. The molecule has 5 fully saturated rings. The number of fused-ring (bicyclic) bond motifs is 5. The molecule has 8 heterocycles. The summed E-state index contributed by atoms with van der Waals surface area (Å²) in [7, 11) is 0. The van der Waals surface area contributed by atoms with E-state index in [-0.39, 0.29) is 89.3 Å². The lowest BCUT2D eigenvalue weighted by Crippen LogP contribution is -2.58. The molecular formula is C65H73F2N11O6S. The summed E-state index contributed by atoms with van der Waals surface area (Å²) in [6, 6.07) is 18.4. The molecule has 85 heavy (non-hydrogen) atoms. The van der Waals surface area contributed by atoms with Gasteiger partial charge in [-0.1, -0.05) is 58.0 Å². The number of benzene rings is 4. The average molecular weight is 1170 g/mol. The number of aromatic hydroxyl groups is 1. The number of phenols is 1. The maximum atomic E-state index is 17.3. The van der Waals surface area contributed by atoms with E-state index in [0.717, 1.165) is 91.4 Å². The number of piperazine rings is 2. The fourth-order valence-electron chi connectivity index (χ4n) is 14.0. The topological polar surface area (TPSA) is 193 Å². The van der Waals surface area contributed by atoms with Gasteiger partial charge in [0.1, 0.15) is 40.7 Å². The molecule has 3 aromatic heterocycles. The Kier molecular flexibility index (Phi) is 14.8. The number of rotatable bonds is 15. The summed E-state index contributed by atoms with van der Waals surface area (Å²) in [5.74, 6) is -1.57. The fraction of sp³-hybridized carbons (Fsp3) is 0.462. The van der Waals surface area contributed by atoms with E-state index in [1.807, 2.05) is 83.5 Å². The maximum absolute atomic E-state index is 17.3. The van der Waals surface area contributed by atoms with Crippen molar-refractivity contribution in [3.8, 4) is 33.5 Å². The SMILES string of the molecule is CCc1c(F)ccc2cc(O)cc(-c3ncc4c(N5CC6CCC(C5)N6)nc(OCC5(CN6CCN(c7ccc8c(c7)CN([C@H](C(=O)N7C[C@H](O)C[C@H]7C(=O)N[C@@H](C)c7ccc(-c9scnc9C)cc7)C(C)(C)C)C8=O)CC6)CC5)nc4c3F)c12.